The lowest BCUT2D eigenvalue weighted by molar-refractivity contribution is 0.697. The van der Waals surface area contributed by atoms with E-state index in [1.807, 2.05) is 25.5 Å². The van der Waals surface area contributed by atoms with Crippen LogP contribution in [0.15, 0.2) is 48.9 Å². The minimum absolute atomic E-state index is 0.689. The van der Waals surface area contributed by atoms with E-state index in [1.54, 1.807) is 0 Å². The van der Waals surface area contributed by atoms with Crippen molar-refractivity contribution < 1.29 is 0 Å². The molecular formula is C26H21ClN6. The molecule has 0 bridgehead atoms. The highest BCUT2D eigenvalue weighted by Gasteiger charge is 2.26. The van der Waals surface area contributed by atoms with Crippen molar-refractivity contribution in [1.29, 1.82) is 0 Å². The molecule has 7 rings (SSSR count). The number of nitrogens with one attached hydrogen (secondary N) is 1. The van der Waals surface area contributed by atoms with Crippen LogP contribution in [0.1, 0.15) is 22.4 Å². The number of H-pyrrole nitrogens is 1. The summed E-state index contributed by atoms with van der Waals surface area (Å²) in [6.07, 6.45) is 6.52. The summed E-state index contributed by atoms with van der Waals surface area (Å²) in [6, 6.07) is 10.6. The molecule has 6 nitrogen and oxygen atoms in total. The quantitative estimate of drug-likeness (QED) is 0.323. The molecule has 0 radical (unpaired) electrons. The topological polar surface area (TPSA) is 62.1 Å². The first-order valence-electron chi connectivity index (χ1n) is 11.1. The Morgan fingerprint density at radius 3 is 2.67 bits per heavy atom. The average Bonchev–Trinajstić information content (AvgIpc) is 3.45. The molecule has 1 aliphatic heterocycles. The van der Waals surface area contributed by atoms with Crippen molar-refractivity contribution in [3.05, 3.63) is 76.3 Å². The number of pyridine rings is 1. The number of para-hydroxylation sites is 1. The maximum absolute atomic E-state index is 6.70. The molecule has 0 atom stereocenters. The van der Waals surface area contributed by atoms with Crippen molar-refractivity contribution in [1.82, 2.24) is 24.6 Å². The van der Waals surface area contributed by atoms with E-state index in [0.29, 0.717) is 5.02 Å². The third-order valence-electron chi connectivity index (χ3n) is 6.88. The minimum atomic E-state index is 0.689. The third kappa shape index (κ3) is 2.58. The molecule has 162 valence electrons. The van der Waals surface area contributed by atoms with E-state index >= 15 is 0 Å². The molecule has 2 aromatic carbocycles. The number of nitrogens with zero attached hydrogens (tertiary/aromatic N) is 5. The molecule has 1 N–H and O–H groups in total. The first kappa shape index (κ1) is 18.9. The van der Waals surface area contributed by atoms with Crippen molar-refractivity contribution in [2.45, 2.75) is 26.8 Å². The standard InChI is InChI=1S/C26H21ClN6/c1-14-11-29-26(30-12-14)32-9-7-21-19(13-32)25-22-17-6-8-28-23(17)20(27)10-18(22)16-5-3-4-15(2)24(16)33(25)31-21/h3-6,8,10-12,31H,7,9,13H2,1-2H3. The van der Waals surface area contributed by atoms with Crippen molar-refractivity contribution in [3.8, 4) is 0 Å². The smallest absolute Gasteiger partial charge is 0.225 e. The van der Waals surface area contributed by atoms with Crippen LogP contribution in [0.2, 0.25) is 5.02 Å². The second-order valence-corrected chi connectivity index (χ2v) is 9.35. The summed E-state index contributed by atoms with van der Waals surface area (Å²) in [6.45, 7) is 5.79. The second kappa shape index (κ2) is 6.68. The molecular weight excluding hydrogens is 432 g/mol. The number of hydrogen-bond donors (Lipinski definition) is 1. The summed E-state index contributed by atoms with van der Waals surface area (Å²) in [5, 5.41) is 9.05. The summed E-state index contributed by atoms with van der Waals surface area (Å²) in [7, 11) is 0. The van der Waals surface area contributed by atoms with E-state index < -0.39 is 0 Å². The van der Waals surface area contributed by atoms with Crippen LogP contribution in [-0.4, -0.2) is 31.1 Å². The van der Waals surface area contributed by atoms with Crippen LogP contribution in [0.3, 0.4) is 0 Å². The number of anilines is 1. The first-order chi connectivity index (χ1) is 16.1. The Kier molecular flexibility index (Phi) is 3.82. The van der Waals surface area contributed by atoms with E-state index in [9.17, 15) is 0 Å². The highest BCUT2D eigenvalue weighted by Crippen LogP contribution is 2.41. The van der Waals surface area contributed by atoms with Gasteiger partial charge in [0.15, 0.2) is 0 Å². The number of rotatable bonds is 1. The number of aromatic nitrogens is 5. The number of fused-ring (bicyclic) bond motifs is 10. The van der Waals surface area contributed by atoms with Crippen LogP contribution in [0.4, 0.5) is 5.95 Å². The zero-order valence-corrected chi connectivity index (χ0v) is 19.1. The van der Waals surface area contributed by atoms with Crippen LogP contribution in [0.5, 0.6) is 0 Å². The van der Waals surface area contributed by atoms with Crippen LogP contribution in [0, 0.1) is 13.8 Å². The van der Waals surface area contributed by atoms with E-state index in [4.69, 9.17) is 11.6 Å². The number of halogens is 1. The van der Waals surface area contributed by atoms with Crippen LogP contribution in [-0.2, 0) is 13.0 Å². The monoisotopic (exact) mass is 452 g/mol. The summed E-state index contributed by atoms with van der Waals surface area (Å²) in [5.41, 5.74) is 8.05. The van der Waals surface area contributed by atoms with Crippen LogP contribution >= 0.6 is 11.6 Å². The Hall–Kier alpha value is -3.64. The van der Waals surface area contributed by atoms with Crippen molar-refractivity contribution in [2.24, 2.45) is 0 Å². The number of aryl methyl sites for hydroxylation is 2. The van der Waals surface area contributed by atoms with Crippen molar-refractivity contribution >= 4 is 55.6 Å². The molecule has 0 amide bonds. The number of aromatic amines is 1. The SMILES string of the molecule is Cc1cnc(N2CCc3[nH]n4c5c(C)cccc5c5cc(Cl)c6nccc6c5c4c3C2)nc1. The molecule has 0 spiro atoms. The fourth-order valence-electron chi connectivity index (χ4n) is 5.36. The molecule has 7 heteroatoms. The number of hydrogen-bond acceptors (Lipinski definition) is 4. The van der Waals surface area contributed by atoms with Gasteiger partial charge < -0.3 is 4.90 Å². The van der Waals surface area contributed by atoms with Gasteiger partial charge in [0.25, 0.3) is 0 Å². The fraction of sp³-hybridized carbons (Fsp3) is 0.192. The first-order valence-corrected chi connectivity index (χ1v) is 11.5. The minimum Gasteiger partial charge on any atom is -0.336 e. The van der Waals surface area contributed by atoms with Crippen LogP contribution in [0.25, 0.3) is 38.1 Å². The third-order valence-corrected chi connectivity index (χ3v) is 7.16. The molecule has 4 aromatic heterocycles. The Bertz CT molecular complexity index is 1730. The van der Waals surface area contributed by atoms with Gasteiger partial charge in [-0.25, -0.2) is 9.97 Å². The predicted octanol–water partition coefficient (Wildman–Crippen LogP) is 5.74. The summed E-state index contributed by atoms with van der Waals surface area (Å²) in [5.74, 6) is 0.773. The lowest BCUT2D eigenvalue weighted by Crippen LogP contribution is -2.31. The largest absolute Gasteiger partial charge is 0.336 e. The van der Waals surface area contributed by atoms with Gasteiger partial charge in [0.2, 0.25) is 5.95 Å². The lowest BCUT2D eigenvalue weighted by atomic mass is 9.97. The van der Waals surface area contributed by atoms with Gasteiger partial charge in [-0.05, 0) is 42.5 Å². The zero-order valence-electron chi connectivity index (χ0n) is 18.4. The van der Waals surface area contributed by atoms with Gasteiger partial charge in [0, 0.05) is 65.5 Å². The van der Waals surface area contributed by atoms with E-state index in [0.717, 1.165) is 47.3 Å². The van der Waals surface area contributed by atoms with E-state index in [-0.39, 0.29) is 0 Å². The molecule has 5 heterocycles. The van der Waals surface area contributed by atoms with Gasteiger partial charge in [0.1, 0.15) is 0 Å². The average molecular weight is 453 g/mol. The normalized spacial score (nSPS) is 14.1. The Morgan fingerprint density at radius 1 is 0.970 bits per heavy atom. The second-order valence-electron chi connectivity index (χ2n) is 8.94. The van der Waals surface area contributed by atoms with Crippen molar-refractivity contribution in [2.75, 3.05) is 11.4 Å². The van der Waals surface area contributed by atoms with Gasteiger partial charge in [-0.2, -0.15) is 0 Å². The molecule has 33 heavy (non-hydrogen) atoms. The molecule has 0 saturated carbocycles. The Balaban J connectivity index is 1.61. The molecule has 0 aliphatic carbocycles. The van der Waals surface area contributed by atoms with Gasteiger partial charge in [-0.3, -0.25) is 14.6 Å². The molecule has 0 unspecified atom stereocenters. The summed E-state index contributed by atoms with van der Waals surface area (Å²) < 4.78 is 2.28. The van der Waals surface area contributed by atoms with Crippen molar-refractivity contribution in [3.63, 3.8) is 0 Å². The molecule has 6 aromatic rings. The Morgan fingerprint density at radius 2 is 1.82 bits per heavy atom. The summed E-state index contributed by atoms with van der Waals surface area (Å²) in [4.78, 5) is 16.0. The fourth-order valence-corrected chi connectivity index (χ4v) is 5.62. The van der Waals surface area contributed by atoms with Gasteiger partial charge in [-0.15, -0.1) is 0 Å². The van der Waals surface area contributed by atoms with Gasteiger partial charge in [-0.1, -0.05) is 29.8 Å². The van der Waals surface area contributed by atoms with E-state index in [1.165, 1.54) is 38.6 Å². The predicted molar refractivity (Wildman–Crippen MR) is 133 cm³/mol. The zero-order chi connectivity index (χ0) is 22.3. The van der Waals surface area contributed by atoms with E-state index in [2.05, 4.69) is 66.7 Å². The molecule has 0 saturated heterocycles. The summed E-state index contributed by atoms with van der Waals surface area (Å²) >= 11 is 6.70. The number of benzene rings is 2. The Labute approximate surface area is 194 Å². The highest BCUT2D eigenvalue weighted by molar-refractivity contribution is 6.39. The molecule has 0 fully saturated rings. The van der Waals surface area contributed by atoms with Gasteiger partial charge >= 0.3 is 0 Å². The van der Waals surface area contributed by atoms with Gasteiger partial charge in [0.05, 0.1) is 21.6 Å². The maximum atomic E-state index is 6.70. The van der Waals surface area contributed by atoms with Crippen LogP contribution < -0.4 is 4.90 Å². The lowest BCUT2D eigenvalue weighted by Gasteiger charge is -2.26. The highest BCUT2D eigenvalue weighted by atomic mass is 35.5. The maximum Gasteiger partial charge on any atom is 0.225 e. The molecule has 1 aliphatic rings.